The van der Waals surface area contributed by atoms with Gasteiger partial charge in [-0.25, -0.2) is 14.4 Å². The first kappa shape index (κ1) is 50.9. The molecule has 3 heterocycles. The van der Waals surface area contributed by atoms with E-state index in [9.17, 15) is 38.4 Å². The lowest BCUT2D eigenvalue weighted by molar-refractivity contribution is -0.164. The van der Waals surface area contributed by atoms with E-state index < -0.39 is 58.7 Å². The molecule has 3 aliphatic rings. The lowest BCUT2D eigenvalue weighted by Gasteiger charge is -2.29. The molecule has 324 valence electrons. The number of carbonyl (C=O) groups is 8. The molecule has 0 saturated carbocycles. The number of primary amides is 1. The largest absolute Gasteiger partial charge is 0.458 e. The van der Waals surface area contributed by atoms with Crippen molar-refractivity contribution >= 4 is 64.5 Å². The number of carbonyl (C=O) groups excluding carboxylic acids is 8. The van der Waals surface area contributed by atoms with Gasteiger partial charge in [0.1, 0.15) is 40.7 Å². The van der Waals surface area contributed by atoms with E-state index in [1.54, 1.807) is 69.2 Å². The second-order valence-corrected chi connectivity index (χ2v) is 18.1. The van der Waals surface area contributed by atoms with E-state index in [-0.39, 0.29) is 67.1 Å². The SMILES string of the molecule is CCC(C(=O)OC(C)(C)C)N1CC(C(C)=O)CC1=O.CCC(C(=O)OC(C)(C)C)N1CC(C(N)=O)CC1=O.CCC(C(=O)OC(C)(C)C)N1CC(C(N)=S)CC1=O. The zero-order chi connectivity index (χ0) is 44.4. The molecule has 4 amide bonds. The molecule has 0 aromatic rings. The maximum Gasteiger partial charge on any atom is 0.329 e. The van der Waals surface area contributed by atoms with E-state index in [1.807, 2.05) is 13.8 Å². The van der Waals surface area contributed by atoms with Gasteiger partial charge in [-0.3, -0.25) is 24.0 Å². The average Bonchev–Trinajstić information content (AvgIpc) is 3.73. The summed E-state index contributed by atoms with van der Waals surface area (Å²) in [4.78, 5) is 99.3. The van der Waals surface area contributed by atoms with E-state index >= 15 is 0 Å². The molecule has 0 aliphatic carbocycles. The van der Waals surface area contributed by atoms with Crippen LogP contribution in [0.3, 0.4) is 0 Å². The number of nitrogens with zero attached hydrogens (tertiary/aromatic N) is 3. The fraction of sp³-hybridized carbons (Fsp3) is 0.775. The topological polar surface area (TPSA) is 226 Å². The molecule has 0 bridgehead atoms. The molecule has 0 radical (unpaired) electrons. The van der Waals surface area contributed by atoms with Crippen LogP contribution in [-0.2, 0) is 52.6 Å². The first-order valence-corrected chi connectivity index (χ1v) is 20.0. The predicted molar refractivity (Wildman–Crippen MR) is 216 cm³/mol. The molecule has 0 aromatic heterocycles. The number of hydrogen-bond acceptors (Lipinski definition) is 12. The maximum absolute atomic E-state index is 12.1. The normalized spacial score (nSPS) is 21.4. The van der Waals surface area contributed by atoms with Gasteiger partial charge >= 0.3 is 17.9 Å². The minimum atomic E-state index is -0.643. The van der Waals surface area contributed by atoms with Gasteiger partial charge in [0.05, 0.1) is 10.9 Å². The Morgan fingerprint density at radius 1 is 0.579 bits per heavy atom. The number of nitrogens with two attached hydrogens (primary N) is 2. The van der Waals surface area contributed by atoms with Crippen molar-refractivity contribution in [3.63, 3.8) is 0 Å². The highest BCUT2D eigenvalue weighted by Gasteiger charge is 2.42. The van der Waals surface area contributed by atoms with Crippen molar-refractivity contribution in [1.29, 1.82) is 0 Å². The summed E-state index contributed by atoms with van der Waals surface area (Å²) in [6.07, 6.45) is 2.03. The van der Waals surface area contributed by atoms with Gasteiger partial charge in [-0.2, -0.15) is 0 Å². The molecule has 3 fully saturated rings. The molecule has 17 heteroatoms. The van der Waals surface area contributed by atoms with Crippen molar-refractivity contribution in [2.75, 3.05) is 19.6 Å². The van der Waals surface area contributed by atoms with Gasteiger partial charge in [0.15, 0.2) is 0 Å². The van der Waals surface area contributed by atoms with Crippen LogP contribution in [0.4, 0.5) is 0 Å². The fourth-order valence-electron chi connectivity index (χ4n) is 6.40. The Hall–Kier alpha value is -4.15. The number of likely N-dealkylation sites (tertiary alicyclic amines) is 3. The molecule has 0 aromatic carbocycles. The highest BCUT2D eigenvalue weighted by Crippen LogP contribution is 2.26. The predicted octanol–water partition coefficient (Wildman–Crippen LogP) is 3.23. The van der Waals surface area contributed by atoms with Crippen LogP contribution in [0.1, 0.15) is 129 Å². The van der Waals surface area contributed by atoms with E-state index in [0.29, 0.717) is 37.3 Å². The van der Waals surface area contributed by atoms with Gasteiger partial charge in [-0.05, 0) is 88.5 Å². The number of hydrogen-bond donors (Lipinski definition) is 2. The molecule has 6 unspecified atom stereocenters. The number of amides is 4. The van der Waals surface area contributed by atoms with Crippen molar-refractivity contribution in [1.82, 2.24) is 14.7 Å². The molecule has 16 nitrogen and oxygen atoms in total. The number of esters is 3. The minimum absolute atomic E-state index is 0.00473. The van der Waals surface area contributed by atoms with Gasteiger partial charge in [-0.15, -0.1) is 0 Å². The van der Waals surface area contributed by atoms with E-state index in [0.717, 1.165) is 0 Å². The third-order valence-corrected chi connectivity index (χ3v) is 9.51. The summed E-state index contributed by atoms with van der Waals surface area (Å²) < 4.78 is 16.0. The number of ketones is 1. The van der Waals surface area contributed by atoms with Crippen LogP contribution in [0.2, 0.25) is 0 Å². The van der Waals surface area contributed by atoms with Crippen LogP contribution in [-0.4, -0.2) is 122 Å². The smallest absolute Gasteiger partial charge is 0.329 e. The Kier molecular flexibility index (Phi) is 18.8. The van der Waals surface area contributed by atoms with Crippen molar-refractivity contribution in [3.8, 4) is 0 Å². The first-order chi connectivity index (χ1) is 26.0. The fourth-order valence-corrected chi connectivity index (χ4v) is 6.56. The monoisotopic (exact) mass is 825 g/mol. The Morgan fingerprint density at radius 2 is 0.842 bits per heavy atom. The number of ether oxygens (including phenoxy) is 3. The molecule has 3 aliphatic heterocycles. The molecule has 6 atom stereocenters. The zero-order valence-corrected chi connectivity index (χ0v) is 37.0. The van der Waals surface area contributed by atoms with Gasteiger partial charge in [0, 0.05) is 50.7 Å². The zero-order valence-electron chi connectivity index (χ0n) is 36.2. The Bertz CT molecular complexity index is 1340. The average molecular weight is 826 g/mol. The summed E-state index contributed by atoms with van der Waals surface area (Å²) in [5.74, 6) is -3.10. The summed E-state index contributed by atoms with van der Waals surface area (Å²) in [5, 5.41) is 0. The van der Waals surface area contributed by atoms with Crippen molar-refractivity contribution < 1.29 is 52.6 Å². The van der Waals surface area contributed by atoms with Crippen LogP contribution in [0.5, 0.6) is 0 Å². The Balaban J connectivity index is 0.000000427. The van der Waals surface area contributed by atoms with Crippen molar-refractivity contribution in [3.05, 3.63) is 0 Å². The van der Waals surface area contributed by atoms with E-state index in [4.69, 9.17) is 37.9 Å². The summed E-state index contributed by atoms with van der Waals surface area (Å²) in [6, 6.07) is -1.78. The maximum atomic E-state index is 12.1. The Labute approximate surface area is 343 Å². The van der Waals surface area contributed by atoms with Crippen LogP contribution in [0.15, 0.2) is 0 Å². The molecular formula is C40H67N5O11S. The quantitative estimate of drug-likeness (QED) is 0.164. The lowest BCUT2D eigenvalue weighted by Crippen LogP contribution is -2.45. The van der Waals surface area contributed by atoms with Crippen LogP contribution < -0.4 is 11.5 Å². The second-order valence-electron chi connectivity index (χ2n) is 17.6. The molecule has 4 N–H and O–H groups in total. The van der Waals surface area contributed by atoms with Crippen LogP contribution in [0.25, 0.3) is 0 Å². The summed E-state index contributed by atoms with van der Waals surface area (Å²) in [5.41, 5.74) is 9.05. The van der Waals surface area contributed by atoms with E-state index in [2.05, 4.69) is 0 Å². The third-order valence-electron chi connectivity index (χ3n) is 9.18. The van der Waals surface area contributed by atoms with Crippen molar-refractivity contribution in [2.45, 2.75) is 163 Å². The number of rotatable bonds is 12. The summed E-state index contributed by atoms with van der Waals surface area (Å²) in [6.45, 7) is 24.0. The standard InChI is InChI=1S/C14H23NO4.C13H22N2O4.C13H22N2O3S/c1-6-11(13(18)19-14(3,4)5)15-8-10(9(2)16)7-12(15)17;1-5-9(12(18)19-13(2,3)4)15-7-8(11(14)17)6-10(15)16;1-5-9(12(17)18-13(2,3)4)15-7-8(11(14)19)6-10(15)16/h10-11H,6-8H2,1-5H3;8-9H,5-7H2,1-4H3,(H2,14,17);8-9H,5-7H2,1-4H3,(H2,14,19). The van der Waals surface area contributed by atoms with Gasteiger partial charge in [-0.1, -0.05) is 33.0 Å². The first-order valence-electron chi connectivity index (χ1n) is 19.6. The molecular weight excluding hydrogens is 759 g/mol. The molecule has 0 spiro atoms. The summed E-state index contributed by atoms with van der Waals surface area (Å²) in [7, 11) is 0. The third kappa shape index (κ3) is 16.3. The number of Topliss-reactive ketones (excluding diaryl/α,β-unsaturated/α-hetero) is 1. The highest BCUT2D eigenvalue weighted by molar-refractivity contribution is 7.80. The van der Waals surface area contributed by atoms with Crippen molar-refractivity contribution in [2.24, 2.45) is 29.2 Å². The van der Waals surface area contributed by atoms with Gasteiger partial charge in [0.2, 0.25) is 23.6 Å². The molecule has 3 saturated heterocycles. The Morgan fingerprint density at radius 3 is 1.04 bits per heavy atom. The summed E-state index contributed by atoms with van der Waals surface area (Å²) >= 11 is 4.92. The van der Waals surface area contributed by atoms with Gasteiger partial charge < -0.3 is 40.4 Å². The van der Waals surface area contributed by atoms with Gasteiger partial charge in [0.25, 0.3) is 0 Å². The van der Waals surface area contributed by atoms with Crippen LogP contribution >= 0.6 is 12.2 Å². The van der Waals surface area contributed by atoms with Crippen LogP contribution in [0, 0.1) is 17.8 Å². The molecule has 3 rings (SSSR count). The lowest BCUT2D eigenvalue weighted by atomic mass is 10.1. The van der Waals surface area contributed by atoms with E-state index in [1.165, 1.54) is 21.6 Å². The highest BCUT2D eigenvalue weighted by atomic mass is 32.1. The number of thiocarbonyl (C=S) groups is 1. The second kappa shape index (κ2) is 21.0. The minimum Gasteiger partial charge on any atom is -0.458 e. The molecule has 57 heavy (non-hydrogen) atoms.